The van der Waals surface area contributed by atoms with Crippen LogP contribution in [0.15, 0.2) is 72.8 Å². The molecule has 1 saturated carbocycles. The fourth-order valence-electron chi connectivity index (χ4n) is 5.05. The number of amides is 3. The predicted octanol–water partition coefficient (Wildman–Crippen LogP) is 4.23. The van der Waals surface area contributed by atoms with Crippen molar-refractivity contribution < 1.29 is 27.9 Å². The van der Waals surface area contributed by atoms with Crippen molar-refractivity contribution in [1.29, 1.82) is 0 Å². The maximum Gasteiger partial charge on any atom is 0.239 e. The Morgan fingerprint density at radius 3 is 2.31 bits per heavy atom. The molecule has 1 heterocycles. The Morgan fingerprint density at radius 2 is 1.67 bits per heavy atom. The van der Waals surface area contributed by atoms with Gasteiger partial charge in [0.25, 0.3) is 0 Å². The van der Waals surface area contributed by atoms with Gasteiger partial charge in [-0.25, -0.2) is 8.78 Å². The molecule has 5 rings (SSSR count). The molecule has 2 aliphatic rings. The minimum absolute atomic E-state index is 0.0538. The monoisotopic (exact) mass is 533 g/mol. The Labute approximate surface area is 224 Å². The van der Waals surface area contributed by atoms with E-state index in [2.05, 4.69) is 5.32 Å². The average Bonchev–Trinajstić information content (AvgIpc) is 3.74. The highest BCUT2D eigenvalue weighted by atomic mass is 19.1. The molecule has 202 valence electrons. The van der Waals surface area contributed by atoms with Crippen molar-refractivity contribution in [2.24, 2.45) is 17.6 Å². The van der Waals surface area contributed by atoms with Gasteiger partial charge in [0.2, 0.25) is 17.7 Å². The number of carbonyl (C=O) groups excluding carboxylic acids is 3. The van der Waals surface area contributed by atoms with E-state index in [1.165, 1.54) is 6.92 Å². The van der Waals surface area contributed by atoms with E-state index in [4.69, 9.17) is 10.5 Å². The van der Waals surface area contributed by atoms with Crippen LogP contribution in [0, 0.1) is 23.5 Å². The van der Waals surface area contributed by atoms with E-state index >= 15 is 0 Å². The molecule has 3 N–H and O–H groups in total. The molecule has 7 nitrogen and oxygen atoms in total. The van der Waals surface area contributed by atoms with Gasteiger partial charge in [0, 0.05) is 12.6 Å². The first-order valence-corrected chi connectivity index (χ1v) is 12.9. The highest BCUT2D eigenvalue weighted by Gasteiger charge is 2.48. The number of fused-ring (bicyclic) bond motifs is 1. The summed E-state index contributed by atoms with van der Waals surface area (Å²) in [5, 5.41) is 2.53. The number of nitrogens with one attached hydrogen (secondary N) is 1. The number of benzene rings is 3. The number of ether oxygens (including phenoxy) is 1. The van der Waals surface area contributed by atoms with Crippen molar-refractivity contribution in [3.05, 3.63) is 95.6 Å². The van der Waals surface area contributed by atoms with Gasteiger partial charge in [0.1, 0.15) is 29.5 Å². The van der Waals surface area contributed by atoms with Gasteiger partial charge in [-0.3, -0.25) is 14.4 Å². The van der Waals surface area contributed by atoms with E-state index in [0.29, 0.717) is 35.5 Å². The molecular formula is C30H29F2N3O4. The van der Waals surface area contributed by atoms with E-state index in [1.807, 2.05) is 6.07 Å². The molecule has 3 aromatic carbocycles. The van der Waals surface area contributed by atoms with Crippen LogP contribution in [0.3, 0.4) is 0 Å². The maximum absolute atomic E-state index is 14.6. The first kappa shape index (κ1) is 26.3. The summed E-state index contributed by atoms with van der Waals surface area (Å²) in [6, 6.07) is 17.7. The van der Waals surface area contributed by atoms with E-state index in [9.17, 15) is 23.2 Å². The lowest BCUT2D eigenvalue weighted by atomic mass is 9.78. The zero-order valence-electron chi connectivity index (χ0n) is 21.3. The zero-order valence-corrected chi connectivity index (χ0v) is 21.3. The number of primary amides is 1. The van der Waals surface area contributed by atoms with Crippen molar-refractivity contribution in [2.45, 2.75) is 37.8 Å². The first-order chi connectivity index (χ1) is 18.7. The lowest BCUT2D eigenvalue weighted by Crippen LogP contribution is -2.49. The molecular weight excluding hydrogens is 504 g/mol. The SMILES string of the molecule is C[C@H](NC(=O)C(c1cc(F)cc(F)c1)[C@@H]1C(=O)N(CC2CC2)c2ccccc2O[C@H]1c1ccccc1)C(N)=O. The third kappa shape index (κ3) is 5.62. The molecule has 3 amide bonds. The van der Waals surface area contributed by atoms with Crippen LogP contribution in [0.4, 0.5) is 14.5 Å². The van der Waals surface area contributed by atoms with Crippen LogP contribution in [0.2, 0.25) is 0 Å². The maximum atomic E-state index is 14.6. The van der Waals surface area contributed by atoms with Crippen LogP contribution >= 0.6 is 0 Å². The van der Waals surface area contributed by atoms with Crippen molar-refractivity contribution in [3.63, 3.8) is 0 Å². The number of para-hydroxylation sites is 2. The number of hydrogen-bond donors (Lipinski definition) is 2. The smallest absolute Gasteiger partial charge is 0.239 e. The summed E-state index contributed by atoms with van der Waals surface area (Å²) in [6.07, 6.45) is 0.943. The van der Waals surface area contributed by atoms with Crippen LogP contribution < -0.4 is 20.7 Å². The number of anilines is 1. The number of nitrogens with two attached hydrogens (primary N) is 1. The largest absolute Gasteiger partial charge is 0.483 e. The minimum atomic E-state index is -1.41. The number of halogens is 2. The Balaban J connectivity index is 1.70. The number of nitrogens with zero attached hydrogens (tertiary/aromatic N) is 1. The van der Waals surface area contributed by atoms with E-state index in [-0.39, 0.29) is 5.56 Å². The second-order valence-electron chi connectivity index (χ2n) is 10.1. The number of hydrogen-bond acceptors (Lipinski definition) is 4. The van der Waals surface area contributed by atoms with Crippen LogP contribution in [0.25, 0.3) is 0 Å². The van der Waals surface area contributed by atoms with Gasteiger partial charge in [-0.1, -0.05) is 42.5 Å². The lowest BCUT2D eigenvalue weighted by Gasteiger charge is -2.33. The molecule has 1 aliphatic heterocycles. The van der Waals surface area contributed by atoms with Gasteiger partial charge in [0.05, 0.1) is 17.5 Å². The van der Waals surface area contributed by atoms with E-state index in [0.717, 1.165) is 25.0 Å². The third-order valence-electron chi connectivity index (χ3n) is 7.22. The topological polar surface area (TPSA) is 102 Å². The molecule has 4 atom stereocenters. The Morgan fingerprint density at radius 1 is 1.03 bits per heavy atom. The lowest BCUT2D eigenvalue weighted by molar-refractivity contribution is -0.134. The third-order valence-corrected chi connectivity index (χ3v) is 7.22. The van der Waals surface area contributed by atoms with Gasteiger partial charge in [-0.15, -0.1) is 0 Å². The van der Waals surface area contributed by atoms with Gasteiger partial charge in [-0.05, 0) is 61.1 Å². The van der Waals surface area contributed by atoms with Crippen LogP contribution in [0.5, 0.6) is 5.75 Å². The van der Waals surface area contributed by atoms with Crippen LogP contribution in [-0.2, 0) is 14.4 Å². The Hall–Kier alpha value is -4.27. The molecule has 9 heteroatoms. The summed E-state index contributed by atoms with van der Waals surface area (Å²) in [7, 11) is 0. The van der Waals surface area contributed by atoms with Gasteiger partial charge >= 0.3 is 0 Å². The standard InChI is InChI=1S/C30H29F2N3O4/c1-17(28(33)36)34-29(37)25(20-13-21(31)15-22(32)14-20)26-27(19-7-3-2-4-8-19)39-24-10-6-5-9-23(24)35(30(26)38)16-18-11-12-18/h2-10,13-15,17-18,25-27H,11-12,16H2,1H3,(H2,33,36)(H,34,37)/t17-,25?,26-,27-/m0/s1. The molecule has 0 radical (unpaired) electrons. The summed E-state index contributed by atoms with van der Waals surface area (Å²) in [5.74, 6) is -5.68. The molecule has 0 spiro atoms. The normalized spacial score (nSPS) is 20.3. The molecule has 1 aliphatic carbocycles. The summed E-state index contributed by atoms with van der Waals surface area (Å²) in [4.78, 5) is 41.8. The summed E-state index contributed by atoms with van der Waals surface area (Å²) in [6.45, 7) is 1.82. The molecule has 1 unspecified atom stereocenters. The Kier molecular flexibility index (Phi) is 7.32. The van der Waals surface area contributed by atoms with Crippen molar-refractivity contribution >= 4 is 23.4 Å². The molecule has 0 aromatic heterocycles. The van der Waals surface area contributed by atoms with Crippen LogP contribution in [-0.4, -0.2) is 30.3 Å². The molecule has 1 fully saturated rings. The van der Waals surface area contributed by atoms with Crippen molar-refractivity contribution in [2.75, 3.05) is 11.4 Å². The Bertz CT molecular complexity index is 1380. The predicted molar refractivity (Wildman–Crippen MR) is 141 cm³/mol. The fraction of sp³-hybridized carbons (Fsp3) is 0.300. The summed E-state index contributed by atoms with van der Waals surface area (Å²) in [5.41, 5.74) is 6.51. The van der Waals surface area contributed by atoms with Crippen molar-refractivity contribution in [3.8, 4) is 5.75 Å². The van der Waals surface area contributed by atoms with E-state index < -0.39 is 53.3 Å². The highest BCUT2D eigenvalue weighted by Crippen LogP contribution is 2.47. The first-order valence-electron chi connectivity index (χ1n) is 12.9. The highest BCUT2D eigenvalue weighted by molar-refractivity contribution is 6.02. The second kappa shape index (κ2) is 10.8. The quantitative estimate of drug-likeness (QED) is 0.453. The fourth-order valence-corrected chi connectivity index (χ4v) is 5.05. The molecule has 0 bridgehead atoms. The van der Waals surface area contributed by atoms with E-state index in [1.54, 1.807) is 53.4 Å². The average molecular weight is 534 g/mol. The molecule has 3 aromatic rings. The minimum Gasteiger partial charge on any atom is -0.483 e. The molecule has 39 heavy (non-hydrogen) atoms. The van der Waals surface area contributed by atoms with Gasteiger partial charge in [0.15, 0.2) is 0 Å². The van der Waals surface area contributed by atoms with Gasteiger partial charge in [-0.2, -0.15) is 0 Å². The van der Waals surface area contributed by atoms with Crippen molar-refractivity contribution in [1.82, 2.24) is 5.32 Å². The van der Waals surface area contributed by atoms with Gasteiger partial charge < -0.3 is 20.7 Å². The molecule has 0 saturated heterocycles. The second-order valence-corrected chi connectivity index (χ2v) is 10.1. The number of rotatable bonds is 8. The van der Waals surface area contributed by atoms with Crippen LogP contribution in [0.1, 0.15) is 42.9 Å². The zero-order chi connectivity index (χ0) is 27.7. The summed E-state index contributed by atoms with van der Waals surface area (Å²) >= 11 is 0. The number of carbonyl (C=O) groups is 3. The summed E-state index contributed by atoms with van der Waals surface area (Å²) < 4.78 is 35.5.